The molecular formula is C19H20FNO2S3. The molecule has 0 bridgehead atoms. The van der Waals surface area contributed by atoms with Gasteiger partial charge in [-0.25, -0.2) is 4.39 Å². The Balaban J connectivity index is 1.95. The van der Waals surface area contributed by atoms with Crippen LogP contribution in [-0.4, -0.2) is 16.4 Å². The van der Waals surface area contributed by atoms with E-state index in [0.717, 1.165) is 34.8 Å². The van der Waals surface area contributed by atoms with Gasteiger partial charge in [0.05, 0.1) is 13.9 Å². The number of hydrogen-bond acceptors (Lipinski definition) is 5. The third-order valence-corrected chi connectivity index (χ3v) is 8.75. The predicted molar refractivity (Wildman–Crippen MR) is 110 cm³/mol. The SMILES string of the molecule is CCCC1(c2ccc(Sc3ccc(F)cc3)c([N+](=O)[O-])c2)SCCCS1. The van der Waals surface area contributed by atoms with Gasteiger partial charge in [0.2, 0.25) is 0 Å². The van der Waals surface area contributed by atoms with Gasteiger partial charge in [0.1, 0.15) is 5.82 Å². The summed E-state index contributed by atoms with van der Waals surface area (Å²) >= 11 is 5.12. The van der Waals surface area contributed by atoms with Crippen molar-refractivity contribution in [3.63, 3.8) is 0 Å². The Morgan fingerprint density at radius 3 is 2.50 bits per heavy atom. The first kappa shape index (κ1) is 19.6. The van der Waals surface area contributed by atoms with Crippen molar-refractivity contribution < 1.29 is 9.31 Å². The maximum absolute atomic E-state index is 13.1. The summed E-state index contributed by atoms with van der Waals surface area (Å²) in [6.45, 7) is 2.16. The van der Waals surface area contributed by atoms with E-state index in [0.29, 0.717) is 4.90 Å². The summed E-state index contributed by atoms with van der Waals surface area (Å²) in [6, 6.07) is 11.6. The zero-order valence-corrected chi connectivity index (χ0v) is 16.9. The van der Waals surface area contributed by atoms with Crippen LogP contribution in [0.4, 0.5) is 10.1 Å². The Morgan fingerprint density at radius 2 is 1.88 bits per heavy atom. The second kappa shape index (κ2) is 8.67. The number of nitro groups is 1. The average molecular weight is 410 g/mol. The van der Waals surface area contributed by atoms with Gasteiger partial charge < -0.3 is 0 Å². The van der Waals surface area contributed by atoms with E-state index in [4.69, 9.17) is 0 Å². The molecule has 0 spiro atoms. The molecule has 0 N–H and O–H groups in total. The van der Waals surface area contributed by atoms with Crippen LogP contribution in [0.5, 0.6) is 0 Å². The fourth-order valence-corrected chi connectivity index (χ4v) is 7.41. The number of halogens is 1. The van der Waals surface area contributed by atoms with Crippen molar-refractivity contribution in [3.8, 4) is 0 Å². The molecule has 0 atom stereocenters. The molecule has 2 aromatic carbocycles. The van der Waals surface area contributed by atoms with Crippen molar-refractivity contribution in [2.24, 2.45) is 0 Å². The molecule has 3 rings (SSSR count). The van der Waals surface area contributed by atoms with Crippen molar-refractivity contribution in [2.45, 2.75) is 40.1 Å². The predicted octanol–water partition coefficient (Wildman–Crippen LogP) is 6.71. The van der Waals surface area contributed by atoms with Gasteiger partial charge in [-0.15, -0.1) is 23.5 Å². The number of nitrogens with zero attached hydrogens (tertiary/aromatic N) is 1. The molecule has 0 aromatic heterocycles. The first-order chi connectivity index (χ1) is 12.5. The van der Waals surface area contributed by atoms with Crippen molar-refractivity contribution in [1.82, 2.24) is 0 Å². The molecule has 1 aliphatic rings. The lowest BCUT2D eigenvalue weighted by atomic mass is 10.1. The zero-order valence-electron chi connectivity index (χ0n) is 14.4. The second-order valence-corrected chi connectivity index (χ2v) is 10.2. The van der Waals surface area contributed by atoms with Gasteiger partial charge in [-0.05, 0) is 60.2 Å². The highest BCUT2D eigenvalue weighted by Crippen LogP contribution is 2.54. The molecule has 1 fully saturated rings. The normalized spacial score (nSPS) is 16.4. The minimum Gasteiger partial charge on any atom is -0.258 e. The molecule has 0 amide bonds. The number of nitro benzene ring substituents is 1. The molecule has 1 aliphatic heterocycles. The Kier molecular flexibility index (Phi) is 6.53. The van der Waals surface area contributed by atoms with Gasteiger partial charge in [-0.2, -0.15) is 0 Å². The summed E-state index contributed by atoms with van der Waals surface area (Å²) in [4.78, 5) is 12.7. The van der Waals surface area contributed by atoms with Crippen LogP contribution in [0.2, 0.25) is 0 Å². The summed E-state index contributed by atoms with van der Waals surface area (Å²) in [5, 5.41) is 11.7. The summed E-state index contributed by atoms with van der Waals surface area (Å²) in [5.41, 5.74) is 1.16. The van der Waals surface area contributed by atoms with Crippen LogP contribution >= 0.6 is 35.3 Å². The quantitative estimate of drug-likeness (QED) is 0.392. The molecule has 0 aliphatic carbocycles. The van der Waals surface area contributed by atoms with E-state index in [2.05, 4.69) is 6.92 Å². The monoisotopic (exact) mass is 409 g/mol. The third kappa shape index (κ3) is 4.38. The maximum Gasteiger partial charge on any atom is 0.283 e. The molecule has 2 aromatic rings. The largest absolute Gasteiger partial charge is 0.283 e. The summed E-state index contributed by atoms with van der Waals surface area (Å²) in [6.07, 6.45) is 3.23. The number of thioether (sulfide) groups is 2. The molecule has 0 unspecified atom stereocenters. The standard InChI is InChI=1S/C19H20FNO2S3/c1-2-10-19(24-11-3-12-25-19)14-4-9-18(17(13-14)21(22)23)26-16-7-5-15(20)6-8-16/h4-9,13H,2-3,10-12H2,1H3. The minimum absolute atomic E-state index is 0.0865. The number of rotatable bonds is 6. The lowest BCUT2D eigenvalue weighted by Gasteiger charge is -2.36. The molecule has 0 saturated carbocycles. The van der Waals surface area contributed by atoms with Crippen LogP contribution < -0.4 is 0 Å². The lowest BCUT2D eigenvalue weighted by Crippen LogP contribution is -2.22. The fraction of sp³-hybridized carbons (Fsp3) is 0.368. The van der Waals surface area contributed by atoms with Gasteiger partial charge in [0, 0.05) is 11.0 Å². The Bertz CT molecular complexity index is 771. The molecule has 0 radical (unpaired) electrons. The van der Waals surface area contributed by atoms with E-state index < -0.39 is 0 Å². The minimum atomic E-state index is -0.313. The Morgan fingerprint density at radius 1 is 1.19 bits per heavy atom. The maximum atomic E-state index is 13.1. The smallest absolute Gasteiger partial charge is 0.258 e. The van der Waals surface area contributed by atoms with E-state index in [9.17, 15) is 14.5 Å². The van der Waals surface area contributed by atoms with Crippen LogP contribution in [0.3, 0.4) is 0 Å². The van der Waals surface area contributed by atoms with Crippen molar-refractivity contribution in [1.29, 1.82) is 0 Å². The first-order valence-corrected chi connectivity index (χ1v) is 11.3. The Labute approximate surface area is 165 Å². The third-order valence-electron chi connectivity index (χ3n) is 4.18. The van der Waals surface area contributed by atoms with Gasteiger partial charge in [-0.3, -0.25) is 10.1 Å². The fourth-order valence-electron chi connectivity index (χ4n) is 2.97. The highest BCUT2D eigenvalue weighted by atomic mass is 32.2. The van der Waals surface area contributed by atoms with Gasteiger partial charge in [0.15, 0.2) is 0 Å². The zero-order chi connectivity index (χ0) is 18.6. The van der Waals surface area contributed by atoms with Crippen LogP contribution in [0.25, 0.3) is 0 Å². The van der Waals surface area contributed by atoms with Crippen molar-refractivity contribution in [2.75, 3.05) is 11.5 Å². The average Bonchev–Trinajstić information content (AvgIpc) is 2.64. The van der Waals surface area contributed by atoms with Crippen LogP contribution in [0.1, 0.15) is 31.7 Å². The molecular weight excluding hydrogens is 389 g/mol. The first-order valence-electron chi connectivity index (χ1n) is 8.54. The highest BCUT2D eigenvalue weighted by Gasteiger charge is 2.36. The van der Waals surface area contributed by atoms with E-state index >= 15 is 0 Å². The Hall–Kier alpha value is -1.18. The topological polar surface area (TPSA) is 43.1 Å². The van der Waals surface area contributed by atoms with E-state index in [1.807, 2.05) is 35.7 Å². The molecule has 26 heavy (non-hydrogen) atoms. The second-order valence-electron chi connectivity index (χ2n) is 6.05. The number of benzene rings is 2. The van der Waals surface area contributed by atoms with E-state index in [-0.39, 0.29) is 20.5 Å². The van der Waals surface area contributed by atoms with Gasteiger partial charge >= 0.3 is 0 Å². The lowest BCUT2D eigenvalue weighted by molar-refractivity contribution is -0.387. The van der Waals surface area contributed by atoms with Gasteiger partial charge in [0.25, 0.3) is 5.69 Å². The van der Waals surface area contributed by atoms with E-state index in [1.165, 1.54) is 30.3 Å². The molecule has 1 heterocycles. The molecule has 3 nitrogen and oxygen atoms in total. The molecule has 7 heteroatoms. The molecule has 138 valence electrons. The summed E-state index contributed by atoms with van der Waals surface area (Å²) in [5.74, 6) is 1.87. The van der Waals surface area contributed by atoms with Gasteiger partial charge in [-0.1, -0.05) is 31.2 Å². The van der Waals surface area contributed by atoms with Crippen molar-refractivity contribution in [3.05, 3.63) is 64.0 Å². The van der Waals surface area contributed by atoms with Crippen LogP contribution in [0, 0.1) is 15.9 Å². The highest BCUT2D eigenvalue weighted by molar-refractivity contribution is 8.18. The summed E-state index contributed by atoms with van der Waals surface area (Å²) < 4.78 is 13.0. The van der Waals surface area contributed by atoms with E-state index in [1.54, 1.807) is 18.2 Å². The summed E-state index contributed by atoms with van der Waals surface area (Å²) in [7, 11) is 0. The molecule has 1 saturated heterocycles. The number of hydrogen-bond donors (Lipinski definition) is 0. The van der Waals surface area contributed by atoms with Crippen LogP contribution in [-0.2, 0) is 4.08 Å². The van der Waals surface area contributed by atoms with Crippen LogP contribution in [0.15, 0.2) is 52.3 Å². The van der Waals surface area contributed by atoms with Crippen molar-refractivity contribution >= 4 is 41.0 Å².